The number of benzene rings is 1. The Labute approximate surface area is 106 Å². The quantitative estimate of drug-likeness (QED) is 0.791. The van der Waals surface area contributed by atoms with Crippen molar-refractivity contribution in [3.05, 3.63) is 41.2 Å². The van der Waals surface area contributed by atoms with E-state index < -0.39 is 11.8 Å². The molecule has 0 saturated carbocycles. The molecule has 0 fully saturated rings. The van der Waals surface area contributed by atoms with Crippen molar-refractivity contribution in [3.63, 3.8) is 0 Å². The maximum Gasteiger partial charge on any atom is 0.328 e. The Morgan fingerprint density at radius 2 is 2.17 bits per heavy atom. The molecular formula is C14H17FO3. The van der Waals surface area contributed by atoms with Crippen LogP contribution in [-0.4, -0.2) is 17.7 Å². The van der Waals surface area contributed by atoms with E-state index in [9.17, 15) is 9.18 Å². The van der Waals surface area contributed by atoms with E-state index >= 15 is 0 Å². The number of rotatable bonds is 6. The van der Waals surface area contributed by atoms with Crippen molar-refractivity contribution < 1.29 is 19.0 Å². The molecule has 0 aromatic heterocycles. The molecule has 0 unspecified atom stereocenters. The van der Waals surface area contributed by atoms with E-state index in [4.69, 9.17) is 9.84 Å². The van der Waals surface area contributed by atoms with Crippen LogP contribution in [-0.2, 0) is 16.1 Å². The molecular weight excluding hydrogens is 235 g/mol. The summed E-state index contributed by atoms with van der Waals surface area (Å²) in [6, 6.07) is 4.38. The largest absolute Gasteiger partial charge is 0.478 e. The van der Waals surface area contributed by atoms with E-state index in [1.807, 2.05) is 13.8 Å². The van der Waals surface area contributed by atoms with E-state index in [0.29, 0.717) is 30.3 Å². The van der Waals surface area contributed by atoms with Crippen LogP contribution in [0.15, 0.2) is 24.3 Å². The van der Waals surface area contributed by atoms with Crippen molar-refractivity contribution in [1.82, 2.24) is 0 Å². The van der Waals surface area contributed by atoms with E-state index in [0.717, 1.165) is 6.08 Å². The third-order valence-electron chi connectivity index (χ3n) is 2.12. The van der Waals surface area contributed by atoms with Gasteiger partial charge in [0.15, 0.2) is 0 Å². The molecule has 98 valence electrons. The zero-order valence-corrected chi connectivity index (χ0v) is 10.5. The normalized spacial score (nSPS) is 11.3. The molecule has 0 aliphatic carbocycles. The number of halogens is 1. The van der Waals surface area contributed by atoms with Gasteiger partial charge in [-0.05, 0) is 41.3 Å². The zero-order chi connectivity index (χ0) is 13.5. The van der Waals surface area contributed by atoms with Crippen molar-refractivity contribution >= 4 is 12.0 Å². The van der Waals surface area contributed by atoms with Crippen LogP contribution >= 0.6 is 0 Å². The standard InChI is InChI=1S/C14H17FO3/c1-10(2)8-18-9-12-5-11(3-4-14(16)17)6-13(15)7-12/h3-7,10H,8-9H2,1-2H3,(H,16,17). The average Bonchev–Trinajstić information content (AvgIpc) is 2.25. The first-order valence-corrected chi connectivity index (χ1v) is 5.75. The Bertz CT molecular complexity index is 439. The highest BCUT2D eigenvalue weighted by Gasteiger charge is 2.01. The second-order valence-electron chi connectivity index (χ2n) is 4.47. The predicted molar refractivity (Wildman–Crippen MR) is 67.6 cm³/mol. The maximum atomic E-state index is 13.3. The van der Waals surface area contributed by atoms with Crippen LogP contribution in [0.5, 0.6) is 0 Å². The van der Waals surface area contributed by atoms with Crippen LogP contribution in [0.4, 0.5) is 4.39 Å². The first kappa shape index (κ1) is 14.4. The predicted octanol–water partition coefficient (Wildman–Crippen LogP) is 3.10. The van der Waals surface area contributed by atoms with Crippen LogP contribution in [0.3, 0.4) is 0 Å². The summed E-state index contributed by atoms with van der Waals surface area (Å²) in [5.74, 6) is -1.03. The number of carboxylic acids is 1. The van der Waals surface area contributed by atoms with Gasteiger partial charge in [0.2, 0.25) is 0 Å². The van der Waals surface area contributed by atoms with Crippen molar-refractivity contribution in [1.29, 1.82) is 0 Å². The minimum absolute atomic E-state index is 0.323. The van der Waals surface area contributed by atoms with E-state index in [2.05, 4.69) is 0 Å². The van der Waals surface area contributed by atoms with Crippen LogP contribution < -0.4 is 0 Å². The zero-order valence-electron chi connectivity index (χ0n) is 10.5. The van der Waals surface area contributed by atoms with Crippen LogP contribution in [0, 0.1) is 11.7 Å². The van der Waals surface area contributed by atoms with E-state index in [1.165, 1.54) is 18.2 Å². The highest BCUT2D eigenvalue weighted by molar-refractivity contribution is 5.85. The Morgan fingerprint density at radius 3 is 2.78 bits per heavy atom. The van der Waals surface area contributed by atoms with Gasteiger partial charge in [-0.15, -0.1) is 0 Å². The smallest absolute Gasteiger partial charge is 0.328 e. The van der Waals surface area contributed by atoms with Crippen molar-refractivity contribution in [2.24, 2.45) is 5.92 Å². The number of carboxylic acid groups (broad SMARTS) is 1. The lowest BCUT2D eigenvalue weighted by molar-refractivity contribution is -0.131. The fourth-order valence-corrected chi connectivity index (χ4v) is 1.43. The molecule has 3 nitrogen and oxygen atoms in total. The molecule has 1 aromatic rings. The second kappa shape index (κ2) is 6.91. The molecule has 0 aliphatic heterocycles. The summed E-state index contributed by atoms with van der Waals surface area (Å²) in [6.07, 6.45) is 2.34. The van der Waals surface area contributed by atoms with Crippen LogP contribution in [0.25, 0.3) is 6.08 Å². The lowest BCUT2D eigenvalue weighted by Crippen LogP contribution is -2.02. The molecule has 0 aliphatic rings. The summed E-state index contributed by atoms with van der Waals surface area (Å²) in [6.45, 7) is 5.00. The molecule has 4 heteroatoms. The minimum atomic E-state index is -1.06. The lowest BCUT2D eigenvalue weighted by atomic mass is 10.1. The van der Waals surface area contributed by atoms with Crippen molar-refractivity contribution in [2.75, 3.05) is 6.61 Å². The van der Waals surface area contributed by atoms with Gasteiger partial charge in [-0.25, -0.2) is 9.18 Å². The van der Waals surface area contributed by atoms with Gasteiger partial charge in [0, 0.05) is 12.7 Å². The molecule has 1 rings (SSSR count). The SMILES string of the molecule is CC(C)COCc1cc(F)cc(C=CC(=O)O)c1. The van der Waals surface area contributed by atoms with E-state index in [-0.39, 0.29) is 0 Å². The molecule has 0 spiro atoms. The van der Waals surface area contributed by atoms with Gasteiger partial charge in [0.25, 0.3) is 0 Å². The Hall–Kier alpha value is -1.68. The molecule has 1 aromatic carbocycles. The van der Waals surface area contributed by atoms with Gasteiger partial charge in [-0.1, -0.05) is 13.8 Å². The van der Waals surface area contributed by atoms with Gasteiger partial charge in [0.1, 0.15) is 5.82 Å². The number of carbonyl (C=O) groups is 1. The summed E-state index contributed by atoms with van der Waals surface area (Å²) in [5.41, 5.74) is 1.21. The molecule has 0 saturated heterocycles. The van der Waals surface area contributed by atoms with E-state index in [1.54, 1.807) is 6.07 Å². The maximum absolute atomic E-state index is 13.3. The molecule has 0 heterocycles. The summed E-state index contributed by atoms with van der Waals surface area (Å²) < 4.78 is 18.7. The summed E-state index contributed by atoms with van der Waals surface area (Å²) in [7, 11) is 0. The molecule has 0 bridgehead atoms. The van der Waals surface area contributed by atoms with Crippen molar-refractivity contribution in [3.8, 4) is 0 Å². The Morgan fingerprint density at radius 1 is 1.44 bits per heavy atom. The fraction of sp³-hybridized carbons (Fsp3) is 0.357. The average molecular weight is 252 g/mol. The fourth-order valence-electron chi connectivity index (χ4n) is 1.43. The van der Waals surface area contributed by atoms with Gasteiger partial charge >= 0.3 is 5.97 Å². The number of hydrogen-bond donors (Lipinski definition) is 1. The molecule has 0 radical (unpaired) electrons. The number of ether oxygens (including phenoxy) is 1. The first-order valence-electron chi connectivity index (χ1n) is 5.75. The molecule has 1 N–H and O–H groups in total. The second-order valence-corrected chi connectivity index (χ2v) is 4.47. The van der Waals surface area contributed by atoms with Gasteiger partial charge in [0.05, 0.1) is 6.61 Å². The van der Waals surface area contributed by atoms with Gasteiger partial charge in [-0.3, -0.25) is 0 Å². The molecule has 0 atom stereocenters. The number of aliphatic carboxylic acids is 1. The monoisotopic (exact) mass is 252 g/mol. The number of hydrogen-bond acceptors (Lipinski definition) is 2. The van der Waals surface area contributed by atoms with Crippen molar-refractivity contribution in [2.45, 2.75) is 20.5 Å². The molecule has 0 amide bonds. The summed E-state index contributed by atoms with van der Waals surface area (Å²) >= 11 is 0. The van der Waals surface area contributed by atoms with Crippen LogP contribution in [0.2, 0.25) is 0 Å². The van der Waals surface area contributed by atoms with Crippen LogP contribution in [0.1, 0.15) is 25.0 Å². The molecule has 18 heavy (non-hydrogen) atoms. The highest BCUT2D eigenvalue weighted by atomic mass is 19.1. The topological polar surface area (TPSA) is 46.5 Å². The highest BCUT2D eigenvalue weighted by Crippen LogP contribution is 2.12. The third kappa shape index (κ3) is 5.59. The van der Waals surface area contributed by atoms with Gasteiger partial charge < -0.3 is 9.84 Å². The third-order valence-corrected chi connectivity index (χ3v) is 2.12. The summed E-state index contributed by atoms with van der Waals surface area (Å²) in [4.78, 5) is 10.4. The first-order chi connectivity index (χ1) is 8.47. The van der Waals surface area contributed by atoms with Gasteiger partial charge in [-0.2, -0.15) is 0 Å². The Kier molecular flexibility index (Phi) is 5.52. The minimum Gasteiger partial charge on any atom is -0.478 e. The summed E-state index contributed by atoms with van der Waals surface area (Å²) in [5, 5.41) is 8.51. The Balaban J connectivity index is 2.71. The lowest BCUT2D eigenvalue weighted by Gasteiger charge is -2.07.